The van der Waals surface area contributed by atoms with E-state index in [9.17, 15) is 4.79 Å². The molecule has 0 saturated heterocycles. The van der Waals surface area contributed by atoms with Gasteiger partial charge >= 0.3 is 0 Å². The quantitative estimate of drug-likeness (QED) is 0.257. The van der Waals surface area contributed by atoms with Crippen LogP contribution in [-0.4, -0.2) is 24.1 Å². The molecule has 0 bridgehead atoms. The van der Waals surface area contributed by atoms with Crippen molar-refractivity contribution in [3.05, 3.63) is 108 Å². The molecule has 5 rings (SSSR count). The second kappa shape index (κ2) is 9.57. The number of hydrogen-bond acceptors (Lipinski definition) is 3. The molecule has 0 amide bonds. The normalized spacial score (nSPS) is 10.9. The van der Waals surface area contributed by atoms with E-state index < -0.39 is 0 Å². The third-order valence-electron chi connectivity index (χ3n) is 5.82. The molecule has 168 valence electrons. The average Bonchev–Trinajstić information content (AvgIpc) is 3.23. The predicted octanol–water partition coefficient (Wildman–Crippen LogP) is 7.50. The van der Waals surface area contributed by atoms with Gasteiger partial charge in [0.25, 0.3) is 5.91 Å². The van der Waals surface area contributed by atoms with Gasteiger partial charge in [0.05, 0.1) is 24.9 Å². The summed E-state index contributed by atoms with van der Waals surface area (Å²) in [6.07, 6.45) is 0. The highest BCUT2D eigenvalue weighted by atomic mass is 79.9. The Bertz CT molecular complexity index is 1440. The first-order chi connectivity index (χ1) is 16.7. The lowest BCUT2D eigenvalue weighted by atomic mass is 9.98. The molecule has 5 aromatic rings. The van der Waals surface area contributed by atoms with Crippen LogP contribution in [0.2, 0.25) is 0 Å². The second-order valence-electron chi connectivity index (χ2n) is 7.93. The Labute approximate surface area is 206 Å². The van der Waals surface area contributed by atoms with Crippen LogP contribution in [0.5, 0.6) is 5.75 Å². The lowest BCUT2D eigenvalue weighted by molar-refractivity contribution is 0.0936. The fourth-order valence-electron chi connectivity index (χ4n) is 4.25. The molecule has 1 aromatic heterocycles. The van der Waals surface area contributed by atoms with Crippen molar-refractivity contribution in [1.82, 2.24) is 4.57 Å². The van der Waals surface area contributed by atoms with E-state index in [2.05, 4.69) is 33.4 Å². The molecule has 1 heterocycles. The first-order valence-corrected chi connectivity index (χ1v) is 11.8. The van der Waals surface area contributed by atoms with Crippen LogP contribution in [0.25, 0.3) is 33.3 Å². The Kier molecular flexibility index (Phi) is 6.19. The minimum absolute atomic E-state index is 0.0425. The van der Waals surface area contributed by atoms with E-state index in [0.717, 1.165) is 49.2 Å². The Hall–Kier alpha value is -3.83. The summed E-state index contributed by atoms with van der Waals surface area (Å²) in [5, 5.41) is 4.24. The lowest BCUT2D eigenvalue weighted by Crippen LogP contribution is -2.21. The van der Waals surface area contributed by atoms with Crippen molar-refractivity contribution in [3.8, 4) is 28.1 Å². The zero-order valence-corrected chi connectivity index (χ0v) is 20.2. The standard InChI is InChI=1S/C29H23BrN2O2/c1-34-24-16-17-26-25(18-24)28(20-8-4-2-5-9-20)29(21-10-6-3-7-11-21)32(26)27(33)19-31-23-14-12-22(30)13-15-23/h2-18,31H,19H2,1H3. The molecule has 1 N–H and O–H groups in total. The van der Waals surface area contributed by atoms with Gasteiger partial charge in [-0.2, -0.15) is 0 Å². The van der Waals surface area contributed by atoms with Gasteiger partial charge in [-0.15, -0.1) is 0 Å². The number of benzene rings is 4. The van der Waals surface area contributed by atoms with E-state index in [1.807, 2.05) is 95.6 Å². The van der Waals surface area contributed by atoms with E-state index in [4.69, 9.17) is 4.74 Å². The number of nitrogens with zero attached hydrogens (tertiary/aromatic N) is 1. The number of anilines is 1. The van der Waals surface area contributed by atoms with Gasteiger partial charge in [-0.1, -0.05) is 76.6 Å². The van der Waals surface area contributed by atoms with Gasteiger partial charge in [-0.25, -0.2) is 0 Å². The lowest BCUT2D eigenvalue weighted by Gasteiger charge is -2.13. The van der Waals surface area contributed by atoms with Crippen LogP contribution in [0.3, 0.4) is 0 Å². The van der Waals surface area contributed by atoms with Crippen molar-refractivity contribution in [2.24, 2.45) is 0 Å². The van der Waals surface area contributed by atoms with Gasteiger partial charge in [-0.05, 0) is 53.6 Å². The minimum atomic E-state index is -0.0425. The number of hydrogen-bond donors (Lipinski definition) is 1. The van der Waals surface area contributed by atoms with Crippen LogP contribution in [-0.2, 0) is 0 Å². The van der Waals surface area contributed by atoms with E-state index in [0.29, 0.717) is 0 Å². The van der Waals surface area contributed by atoms with Crippen molar-refractivity contribution in [1.29, 1.82) is 0 Å². The van der Waals surface area contributed by atoms with Crippen LogP contribution < -0.4 is 10.1 Å². The molecule has 0 saturated carbocycles. The summed E-state index contributed by atoms with van der Waals surface area (Å²) >= 11 is 3.45. The summed E-state index contributed by atoms with van der Waals surface area (Å²) in [7, 11) is 1.66. The summed E-state index contributed by atoms with van der Waals surface area (Å²) in [4.78, 5) is 13.8. The Balaban J connectivity index is 1.71. The molecule has 0 aliphatic heterocycles. The summed E-state index contributed by atoms with van der Waals surface area (Å²) in [6.45, 7) is 0.158. The maximum absolute atomic E-state index is 13.8. The molecule has 0 aliphatic carbocycles. The van der Waals surface area contributed by atoms with E-state index in [1.165, 1.54) is 0 Å². The average molecular weight is 511 g/mol. The smallest absolute Gasteiger partial charge is 0.250 e. The maximum atomic E-state index is 13.8. The molecule has 0 unspecified atom stereocenters. The molecule has 5 heteroatoms. The number of fused-ring (bicyclic) bond motifs is 1. The highest BCUT2D eigenvalue weighted by Gasteiger charge is 2.24. The van der Waals surface area contributed by atoms with E-state index in [-0.39, 0.29) is 12.5 Å². The number of rotatable bonds is 6. The Morgan fingerprint density at radius 3 is 2.15 bits per heavy atom. The molecule has 4 nitrogen and oxygen atoms in total. The van der Waals surface area contributed by atoms with Gasteiger partial charge in [0.1, 0.15) is 5.75 Å². The van der Waals surface area contributed by atoms with Crippen molar-refractivity contribution < 1.29 is 9.53 Å². The molecular formula is C29H23BrN2O2. The predicted molar refractivity (Wildman–Crippen MR) is 143 cm³/mol. The molecule has 0 fully saturated rings. The third kappa shape index (κ3) is 4.22. The number of aromatic nitrogens is 1. The largest absolute Gasteiger partial charge is 0.497 e. The number of halogens is 1. The number of ether oxygens (including phenoxy) is 1. The number of carbonyl (C=O) groups is 1. The number of carbonyl (C=O) groups excluding carboxylic acids is 1. The molecular weight excluding hydrogens is 488 g/mol. The van der Waals surface area contributed by atoms with Crippen LogP contribution in [0, 0.1) is 0 Å². The van der Waals surface area contributed by atoms with Gasteiger partial charge in [0.15, 0.2) is 0 Å². The molecule has 34 heavy (non-hydrogen) atoms. The van der Waals surface area contributed by atoms with E-state index in [1.54, 1.807) is 7.11 Å². The molecule has 0 radical (unpaired) electrons. The second-order valence-corrected chi connectivity index (χ2v) is 8.84. The summed E-state index contributed by atoms with van der Waals surface area (Å²) < 4.78 is 8.36. The summed E-state index contributed by atoms with van der Waals surface area (Å²) in [5.41, 5.74) is 5.65. The first kappa shape index (κ1) is 22.0. The number of nitrogens with one attached hydrogen (secondary N) is 1. The van der Waals surface area contributed by atoms with Gasteiger partial charge in [0, 0.05) is 21.1 Å². The highest BCUT2D eigenvalue weighted by molar-refractivity contribution is 9.10. The van der Waals surface area contributed by atoms with Crippen LogP contribution in [0.1, 0.15) is 4.79 Å². The molecule has 0 atom stereocenters. The number of methoxy groups -OCH3 is 1. The first-order valence-electron chi connectivity index (χ1n) is 11.0. The maximum Gasteiger partial charge on any atom is 0.250 e. The van der Waals surface area contributed by atoms with Crippen LogP contribution in [0.4, 0.5) is 5.69 Å². The fraction of sp³-hybridized carbons (Fsp3) is 0.0690. The topological polar surface area (TPSA) is 43.3 Å². The van der Waals surface area contributed by atoms with Crippen molar-refractivity contribution in [2.75, 3.05) is 19.0 Å². The molecule has 0 spiro atoms. The summed E-state index contributed by atoms with van der Waals surface area (Å²) in [5.74, 6) is 0.709. The van der Waals surface area contributed by atoms with Crippen molar-refractivity contribution in [2.45, 2.75) is 0 Å². The molecule has 0 aliphatic rings. The Morgan fingerprint density at radius 2 is 1.50 bits per heavy atom. The fourth-order valence-corrected chi connectivity index (χ4v) is 4.51. The van der Waals surface area contributed by atoms with Gasteiger partial charge in [0.2, 0.25) is 0 Å². The third-order valence-corrected chi connectivity index (χ3v) is 6.35. The molecule has 4 aromatic carbocycles. The summed E-state index contributed by atoms with van der Waals surface area (Å²) in [6, 6.07) is 33.9. The van der Waals surface area contributed by atoms with Gasteiger partial charge < -0.3 is 10.1 Å². The monoisotopic (exact) mass is 510 g/mol. The zero-order valence-electron chi connectivity index (χ0n) is 18.7. The van der Waals surface area contributed by atoms with Gasteiger partial charge in [-0.3, -0.25) is 9.36 Å². The van der Waals surface area contributed by atoms with E-state index >= 15 is 0 Å². The zero-order chi connectivity index (χ0) is 23.5. The van der Waals surface area contributed by atoms with Crippen molar-refractivity contribution >= 4 is 38.4 Å². The van der Waals surface area contributed by atoms with Crippen LogP contribution >= 0.6 is 15.9 Å². The minimum Gasteiger partial charge on any atom is -0.497 e. The van der Waals surface area contributed by atoms with Crippen molar-refractivity contribution in [3.63, 3.8) is 0 Å². The highest BCUT2D eigenvalue weighted by Crippen LogP contribution is 2.42. The SMILES string of the molecule is COc1ccc2c(c1)c(-c1ccccc1)c(-c1ccccc1)n2C(=O)CNc1ccc(Br)cc1. The van der Waals surface area contributed by atoms with Crippen LogP contribution in [0.15, 0.2) is 108 Å². The Morgan fingerprint density at radius 1 is 0.853 bits per heavy atom.